The molecule has 0 unspecified atom stereocenters. The normalized spacial score (nSPS) is 18.5. The molecule has 0 amide bonds. The number of hydrogen-bond donors (Lipinski definition) is 0. The molecule has 16 heavy (non-hydrogen) atoms. The van der Waals surface area contributed by atoms with Crippen LogP contribution < -0.4 is 4.90 Å². The van der Waals surface area contributed by atoms with Gasteiger partial charge in [0.15, 0.2) is 5.82 Å². The van der Waals surface area contributed by atoms with E-state index in [0.717, 1.165) is 37.7 Å². The van der Waals surface area contributed by atoms with Crippen LogP contribution in [0.3, 0.4) is 0 Å². The van der Waals surface area contributed by atoms with Gasteiger partial charge in [-0.2, -0.15) is 5.10 Å². The van der Waals surface area contributed by atoms with E-state index in [1.807, 2.05) is 12.1 Å². The summed E-state index contributed by atoms with van der Waals surface area (Å²) in [5, 5.41) is 8.30. The minimum Gasteiger partial charge on any atom is -0.354 e. The third-order valence-corrected chi connectivity index (χ3v) is 3.16. The molecule has 0 radical (unpaired) electrons. The highest BCUT2D eigenvalue weighted by Crippen LogP contribution is 2.12. The number of alkyl halides is 1. The summed E-state index contributed by atoms with van der Waals surface area (Å²) in [7, 11) is 2.16. The Morgan fingerprint density at radius 2 is 2.06 bits per heavy atom. The van der Waals surface area contributed by atoms with Crippen molar-refractivity contribution < 1.29 is 0 Å². The van der Waals surface area contributed by atoms with Crippen LogP contribution in [0.1, 0.15) is 12.1 Å². The van der Waals surface area contributed by atoms with Crippen molar-refractivity contribution in [3.8, 4) is 0 Å². The van der Waals surface area contributed by atoms with Crippen molar-refractivity contribution in [1.82, 2.24) is 15.1 Å². The Labute approximate surface area is 101 Å². The van der Waals surface area contributed by atoms with Gasteiger partial charge in [0.05, 0.1) is 11.6 Å². The summed E-state index contributed by atoms with van der Waals surface area (Å²) >= 11 is 5.69. The van der Waals surface area contributed by atoms with Gasteiger partial charge in [-0.15, -0.1) is 16.7 Å². The van der Waals surface area contributed by atoms with Crippen molar-refractivity contribution in [2.75, 3.05) is 38.1 Å². The lowest BCUT2D eigenvalue weighted by molar-refractivity contribution is 0.360. The Balaban J connectivity index is 2.04. The number of hydrogen-bond acceptors (Lipinski definition) is 4. The van der Waals surface area contributed by atoms with Crippen molar-refractivity contribution in [2.45, 2.75) is 12.3 Å². The molecule has 0 aromatic carbocycles. The van der Waals surface area contributed by atoms with Crippen molar-refractivity contribution in [3.63, 3.8) is 0 Å². The van der Waals surface area contributed by atoms with Gasteiger partial charge in [0.1, 0.15) is 0 Å². The van der Waals surface area contributed by atoms with Gasteiger partial charge in [-0.05, 0) is 32.1 Å². The second-order valence-corrected chi connectivity index (χ2v) is 4.43. The first kappa shape index (κ1) is 11.6. The molecule has 0 spiro atoms. The van der Waals surface area contributed by atoms with Crippen LogP contribution in [0.25, 0.3) is 0 Å². The predicted molar refractivity (Wildman–Crippen MR) is 65.9 cm³/mol. The number of anilines is 1. The summed E-state index contributed by atoms with van der Waals surface area (Å²) in [4.78, 5) is 4.63. The highest BCUT2D eigenvalue weighted by molar-refractivity contribution is 6.16. The van der Waals surface area contributed by atoms with E-state index in [9.17, 15) is 0 Å². The molecule has 88 valence electrons. The largest absolute Gasteiger partial charge is 0.354 e. The Morgan fingerprint density at radius 1 is 1.19 bits per heavy atom. The van der Waals surface area contributed by atoms with Crippen LogP contribution in [-0.2, 0) is 5.88 Å². The van der Waals surface area contributed by atoms with E-state index in [-0.39, 0.29) is 0 Å². The third kappa shape index (κ3) is 2.83. The summed E-state index contributed by atoms with van der Waals surface area (Å²) in [6.45, 7) is 4.31. The quantitative estimate of drug-likeness (QED) is 0.731. The first-order chi connectivity index (χ1) is 7.79. The Hall–Kier alpha value is -0.870. The average Bonchev–Trinajstić information content (AvgIpc) is 2.54. The second-order valence-electron chi connectivity index (χ2n) is 4.16. The zero-order valence-corrected chi connectivity index (χ0v) is 10.3. The Bertz CT molecular complexity index is 327. The Morgan fingerprint density at radius 3 is 2.75 bits per heavy atom. The summed E-state index contributed by atoms with van der Waals surface area (Å²) < 4.78 is 0. The molecule has 4 nitrogen and oxygen atoms in total. The van der Waals surface area contributed by atoms with Crippen LogP contribution in [0.4, 0.5) is 5.82 Å². The summed E-state index contributed by atoms with van der Waals surface area (Å²) in [5.41, 5.74) is 0.831. The smallest absolute Gasteiger partial charge is 0.151 e. The topological polar surface area (TPSA) is 32.3 Å². The molecule has 2 heterocycles. The maximum Gasteiger partial charge on any atom is 0.151 e. The molecular weight excluding hydrogens is 224 g/mol. The molecule has 0 saturated carbocycles. The average molecular weight is 241 g/mol. The molecule has 1 aliphatic heterocycles. The first-order valence-corrected chi connectivity index (χ1v) is 6.15. The molecule has 0 aliphatic carbocycles. The number of likely N-dealkylation sites (N-methyl/N-ethyl adjacent to an activating group) is 1. The standard InChI is InChI=1S/C11H17ClN4/c1-15-5-2-6-16(8-7-15)11-4-3-10(9-12)13-14-11/h3-4H,2,5-9H2,1H3. The number of aromatic nitrogens is 2. The molecule has 1 fully saturated rings. The van der Waals surface area contributed by atoms with Gasteiger partial charge in [-0.1, -0.05) is 0 Å². The predicted octanol–water partition coefficient (Wildman–Crippen LogP) is 1.36. The maximum absolute atomic E-state index is 5.69. The van der Waals surface area contributed by atoms with Crippen molar-refractivity contribution in [2.24, 2.45) is 0 Å². The minimum absolute atomic E-state index is 0.427. The monoisotopic (exact) mass is 240 g/mol. The van der Waals surface area contributed by atoms with Crippen LogP contribution in [0.2, 0.25) is 0 Å². The van der Waals surface area contributed by atoms with Crippen LogP contribution >= 0.6 is 11.6 Å². The highest BCUT2D eigenvalue weighted by Gasteiger charge is 2.13. The molecule has 1 aromatic rings. The lowest BCUT2D eigenvalue weighted by Crippen LogP contribution is -2.29. The van der Waals surface area contributed by atoms with Gasteiger partial charge in [-0.25, -0.2) is 0 Å². The van der Waals surface area contributed by atoms with Crippen LogP contribution in [0, 0.1) is 0 Å². The van der Waals surface area contributed by atoms with E-state index in [1.165, 1.54) is 6.42 Å². The summed E-state index contributed by atoms with van der Waals surface area (Å²) in [6, 6.07) is 3.96. The fraction of sp³-hybridized carbons (Fsp3) is 0.636. The lowest BCUT2D eigenvalue weighted by atomic mass is 10.3. The molecule has 1 aromatic heterocycles. The molecule has 0 N–H and O–H groups in total. The fourth-order valence-corrected chi connectivity index (χ4v) is 2.01. The minimum atomic E-state index is 0.427. The zero-order chi connectivity index (χ0) is 11.4. The van der Waals surface area contributed by atoms with E-state index in [1.54, 1.807) is 0 Å². The van der Waals surface area contributed by atoms with Crippen LogP contribution in [0.15, 0.2) is 12.1 Å². The molecule has 1 aliphatic rings. The molecule has 5 heteroatoms. The second kappa shape index (κ2) is 5.46. The molecule has 1 saturated heterocycles. The molecule has 0 atom stereocenters. The van der Waals surface area contributed by atoms with Gasteiger partial charge >= 0.3 is 0 Å². The molecule has 0 bridgehead atoms. The van der Waals surface area contributed by atoms with E-state index >= 15 is 0 Å². The first-order valence-electron chi connectivity index (χ1n) is 5.61. The van der Waals surface area contributed by atoms with Crippen molar-refractivity contribution >= 4 is 17.4 Å². The SMILES string of the molecule is CN1CCCN(c2ccc(CCl)nn2)CC1. The number of rotatable bonds is 2. The highest BCUT2D eigenvalue weighted by atomic mass is 35.5. The van der Waals surface area contributed by atoms with Gasteiger partial charge in [0.25, 0.3) is 0 Å². The van der Waals surface area contributed by atoms with Crippen molar-refractivity contribution in [3.05, 3.63) is 17.8 Å². The van der Waals surface area contributed by atoms with Crippen LogP contribution in [-0.4, -0.2) is 48.3 Å². The molecular formula is C11H17ClN4. The van der Waals surface area contributed by atoms with Gasteiger partial charge in [0, 0.05) is 19.6 Å². The fourth-order valence-electron chi connectivity index (χ4n) is 1.87. The van der Waals surface area contributed by atoms with Crippen molar-refractivity contribution in [1.29, 1.82) is 0 Å². The zero-order valence-electron chi connectivity index (χ0n) is 9.56. The number of nitrogens with zero attached hydrogens (tertiary/aromatic N) is 4. The molecule has 2 rings (SSSR count). The lowest BCUT2D eigenvalue weighted by Gasteiger charge is -2.20. The third-order valence-electron chi connectivity index (χ3n) is 2.89. The summed E-state index contributed by atoms with van der Waals surface area (Å²) in [6.07, 6.45) is 1.18. The van der Waals surface area contributed by atoms with Gasteiger partial charge < -0.3 is 9.80 Å². The van der Waals surface area contributed by atoms with Gasteiger partial charge in [0.2, 0.25) is 0 Å². The van der Waals surface area contributed by atoms with Crippen LogP contribution in [0.5, 0.6) is 0 Å². The summed E-state index contributed by atoms with van der Waals surface area (Å²) in [5.74, 6) is 1.39. The van der Waals surface area contributed by atoms with Gasteiger partial charge in [-0.3, -0.25) is 0 Å². The number of halogens is 1. The van der Waals surface area contributed by atoms with E-state index in [2.05, 4.69) is 27.0 Å². The maximum atomic E-state index is 5.69. The van der Waals surface area contributed by atoms with E-state index in [4.69, 9.17) is 11.6 Å². The van der Waals surface area contributed by atoms with E-state index < -0.39 is 0 Å². The Kier molecular flexibility index (Phi) is 3.96. The van der Waals surface area contributed by atoms with E-state index in [0.29, 0.717) is 5.88 Å².